The van der Waals surface area contributed by atoms with Crippen LogP contribution in [0.2, 0.25) is 0 Å². The minimum absolute atomic E-state index is 0.0546. The molecule has 1 atom stereocenters. The number of benzene rings is 2. The maximum atomic E-state index is 12.4. The van der Waals surface area contributed by atoms with Crippen molar-refractivity contribution in [2.75, 3.05) is 6.26 Å². The molecule has 0 spiro atoms. The summed E-state index contributed by atoms with van der Waals surface area (Å²) in [4.78, 5) is 12.4. The Kier molecular flexibility index (Phi) is 5.37. The van der Waals surface area contributed by atoms with Crippen LogP contribution in [0.1, 0.15) is 11.1 Å². The quantitative estimate of drug-likeness (QED) is 0.779. The lowest BCUT2D eigenvalue weighted by molar-refractivity contribution is -0.113. The number of nitriles is 1. The first-order valence-corrected chi connectivity index (χ1v) is 10.8. The lowest BCUT2D eigenvalue weighted by Crippen LogP contribution is -2.13. The number of amides is 1. The largest absolute Gasteiger partial charge is 0.297 e. The molecule has 3 rings (SSSR count). The smallest absolute Gasteiger partial charge is 0.265 e. The molecule has 4 nitrogen and oxygen atoms in total. The van der Waals surface area contributed by atoms with Gasteiger partial charge in [-0.05, 0) is 20.7 Å². The van der Waals surface area contributed by atoms with E-state index in [0.29, 0.717) is 16.5 Å². The Bertz CT molecular complexity index is 980. The van der Waals surface area contributed by atoms with Crippen molar-refractivity contribution in [1.82, 2.24) is 0 Å². The molecular weight excluding hydrogens is 350 g/mol. The standard InChI is InChI=1S/C19H17N3OS2/c1-25(14-16-10-6-3-7-11-16)21-18(23)17(12-20)19(22-25)24-13-15-8-4-2-5-9-15/h2-11H,13-14H2,1H3. The first kappa shape index (κ1) is 17.5. The van der Waals surface area contributed by atoms with E-state index in [9.17, 15) is 10.1 Å². The fourth-order valence-electron chi connectivity index (χ4n) is 2.44. The minimum atomic E-state index is -1.87. The van der Waals surface area contributed by atoms with E-state index < -0.39 is 15.5 Å². The first-order valence-electron chi connectivity index (χ1n) is 7.71. The van der Waals surface area contributed by atoms with Gasteiger partial charge in [-0.3, -0.25) is 4.79 Å². The molecule has 0 saturated heterocycles. The van der Waals surface area contributed by atoms with Crippen LogP contribution in [-0.4, -0.2) is 12.2 Å². The molecule has 1 unspecified atom stereocenters. The van der Waals surface area contributed by atoms with Crippen molar-refractivity contribution in [1.29, 1.82) is 5.26 Å². The zero-order chi connectivity index (χ0) is 17.7. The zero-order valence-corrected chi connectivity index (χ0v) is 15.4. The van der Waals surface area contributed by atoms with Gasteiger partial charge in [0.15, 0.2) is 5.57 Å². The van der Waals surface area contributed by atoms with Crippen molar-refractivity contribution in [3.05, 3.63) is 82.4 Å². The molecule has 126 valence electrons. The second-order valence-corrected chi connectivity index (χ2v) is 9.28. The maximum Gasteiger partial charge on any atom is 0.297 e. The molecule has 2 aromatic rings. The number of carbonyl (C=O) groups excluding carboxylic acids is 1. The van der Waals surface area contributed by atoms with Crippen molar-refractivity contribution in [3.63, 3.8) is 0 Å². The normalized spacial score (nSPS) is 19.8. The second kappa shape index (κ2) is 7.68. The van der Waals surface area contributed by atoms with E-state index in [1.807, 2.05) is 73.0 Å². The van der Waals surface area contributed by atoms with E-state index in [0.717, 1.165) is 11.1 Å². The first-order chi connectivity index (χ1) is 12.1. The lowest BCUT2D eigenvalue weighted by Gasteiger charge is -2.16. The lowest BCUT2D eigenvalue weighted by atomic mass is 10.2. The number of rotatable bonds is 5. The van der Waals surface area contributed by atoms with Crippen LogP contribution in [0, 0.1) is 11.3 Å². The Labute approximate surface area is 152 Å². The molecule has 6 heteroatoms. The van der Waals surface area contributed by atoms with Gasteiger partial charge in [0.2, 0.25) is 0 Å². The van der Waals surface area contributed by atoms with Gasteiger partial charge in [-0.2, -0.15) is 9.62 Å². The van der Waals surface area contributed by atoms with Crippen LogP contribution in [-0.2, 0) is 25.9 Å². The third kappa shape index (κ3) is 4.38. The van der Waals surface area contributed by atoms with Crippen LogP contribution in [0.5, 0.6) is 0 Å². The third-order valence-electron chi connectivity index (χ3n) is 3.60. The summed E-state index contributed by atoms with van der Waals surface area (Å²) in [5.41, 5.74) is 2.27. The molecule has 0 radical (unpaired) electrons. The van der Waals surface area contributed by atoms with Crippen molar-refractivity contribution < 1.29 is 4.79 Å². The monoisotopic (exact) mass is 367 g/mol. The van der Waals surface area contributed by atoms with E-state index in [-0.39, 0.29) is 5.57 Å². The molecule has 0 bridgehead atoms. The summed E-state index contributed by atoms with van der Waals surface area (Å²) >= 11 is 1.43. The van der Waals surface area contributed by atoms with Gasteiger partial charge in [0.1, 0.15) is 11.1 Å². The highest BCUT2D eigenvalue weighted by Crippen LogP contribution is 2.31. The Hall–Kier alpha value is -2.36. The Morgan fingerprint density at radius 1 is 1.00 bits per heavy atom. The summed E-state index contributed by atoms with van der Waals surface area (Å²) < 4.78 is 8.99. The van der Waals surface area contributed by atoms with E-state index in [2.05, 4.69) is 4.36 Å². The SMILES string of the molecule is CS1(Cc2ccccc2)=NC(=O)C(C#N)=C(SCc2ccccc2)N=1. The number of hydrogen-bond donors (Lipinski definition) is 0. The van der Waals surface area contributed by atoms with Gasteiger partial charge in [-0.25, -0.2) is 4.36 Å². The Morgan fingerprint density at radius 2 is 1.60 bits per heavy atom. The predicted molar refractivity (Wildman–Crippen MR) is 104 cm³/mol. The number of nitrogens with zero attached hydrogens (tertiary/aromatic N) is 3. The molecule has 1 heterocycles. The van der Waals surface area contributed by atoms with Crippen molar-refractivity contribution in [2.45, 2.75) is 11.5 Å². The number of carbonyl (C=O) groups is 1. The van der Waals surface area contributed by atoms with Crippen molar-refractivity contribution in [3.8, 4) is 6.07 Å². The average molecular weight is 367 g/mol. The molecule has 0 aromatic heterocycles. The summed E-state index contributed by atoms with van der Waals surface area (Å²) in [6.07, 6.45) is 1.91. The summed E-state index contributed by atoms with van der Waals surface area (Å²) in [6, 6.07) is 21.8. The van der Waals surface area contributed by atoms with E-state index in [1.165, 1.54) is 11.8 Å². The van der Waals surface area contributed by atoms with Gasteiger partial charge in [-0.15, -0.1) is 0 Å². The van der Waals surface area contributed by atoms with Gasteiger partial charge in [0.25, 0.3) is 5.91 Å². The molecule has 0 N–H and O–H groups in total. The summed E-state index contributed by atoms with van der Waals surface area (Å²) in [7, 11) is -1.87. The molecule has 1 aliphatic rings. The fraction of sp³-hybridized carbons (Fsp3) is 0.158. The van der Waals surface area contributed by atoms with Gasteiger partial charge in [0.05, 0.1) is 0 Å². The summed E-state index contributed by atoms with van der Waals surface area (Å²) in [5, 5.41) is 9.85. The van der Waals surface area contributed by atoms with Crippen molar-refractivity contribution in [2.24, 2.45) is 8.73 Å². The molecule has 0 fully saturated rings. The summed E-state index contributed by atoms with van der Waals surface area (Å²) in [6.45, 7) is 0. The number of thioether (sulfide) groups is 1. The average Bonchev–Trinajstić information content (AvgIpc) is 2.61. The maximum absolute atomic E-state index is 12.4. The molecule has 2 aromatic carbocycles. The second-order valence-electron chi connectivity index (χ2n) is 5.68. The van der Waals surface area contributed by atoms with E-state index in [4.69, 9.17) is 4.36 Å². The molecule has 0 aliphatic carbocycles. The third-order valence-corrected chi connectivity index (χ3v) is 6.78. The van der Waals surface area contributed by atoms with Gasteiger partial charge in [-0.1, -0.05) is 72.4 Å². The fourth-order valence-corrected chi connectivity index (χ4v) is 5.79. The highest BCUT2D eigenvalue weighted by molar-refractivity contribution is 8.03. The predicted octanol–water partition coefficient (Wildman–Crippen LogP) is 4.55. The molecule has 0 saturated carbocycles. The van der Waals surface area contributed by atoms with Gasteiger partial charge < -0.3 is 0 Å². The number of hydrogen-bond acceptors (Lipinski definition) is 4. The van der Waals surface area contributed by atoms with Gasteiger partial charge >= 0.3 is 0 Å². The van der Waals surface area contributed by atoms with E-state index >= 15 is 0 Å². The van der Waals surface area contributed by atoms with E-state index in [1.54, 1.807) is 0 Å². The molecule has 1 amide bonds. The molecule has 1 aliphatic heterocycles. The molecular formula is C19H17N3OS2. The van der Waals surface area contributed by atoms with Crippen LogP contribution in [0.15, 0.2) is 80.0 Å². The Balaban J connectivity index is 1.91. The highest BCUT2D eigenvalue weighted by atomic mass is 32.2. The topological polar surface area (TPSA) is 65.6 Å². The molecule has 25 heavy (non-hydrogen) atoms. The van der Waals surface area contributed by atoms with Crippen LogP contribution < -0.4 is 0 Å². The minimum Gasteiger partial charge on any atom is -0.265 e. The van der Waals surface area contributed by atoms with Crippen LogP contribution in [0.4, 0.5) is 0 Å². The van der Waals surface area contributed by atoms with Crippen LogP contribution in [0.25, 0.3) is 0 Å². The van der Waals surface area contributed by atoms with Gasteiger partial charge in [0, 0.05) is 17.8 Å². The zero-order valence-electron chi connectivity index (χ0n) is 13.8. The van der Waals surface area contributed by atoms with Crippen LogP contribution in [0.3, 0.4) is 0 Å². The Morgan fingerprint density at radius 3 is 2.20 bits per heavy atom. The highest BCUT2D eigenvalue weighted by Gasteiger charge is 2.22. The van der Waals surface area contributed by atoms with Crippen molar-refractivity contribution >= 4 is 27.3 Å². The van der Waals surface area contributed by atoms with Crippen LogP contribution >= 0.6 is 11.8 Å². The summed E-state index contributed by atoms with van der Waals surface area (Å²) in [5.74, 6) is 0.827.